The van der Waals surface area contributed by atoms with E-state index >= 15 is 0 Å². The van der Waals surface area contributed by atoms with E-state index in [1.165, 1.54) is 4.57 Å². The van der Waals surface area contributed by atoms with Gasteiger partial charge in [0.05, 0.1) is 17.2 Å². The van der Waals surface area contributed by atoms with Crippen LogP contribution >= 0.6 is 0 Å². The van der Waals surface area contributed by atoms with Gasteiger partial charge in [-0.3, -0.25) is 0 Å². The van der Waals surface area contributed by atoms with Crippen molar-refractivity contribution in [1.29, 1.82) is 5.26 Å². The third kappa shape index (κ3) is 3.72. The summed E-state index contributed by atoms with van der Waals surface area (Å²) in [5.41, 5.74) is -1.67. The largest absolute Gasteiger partial charge is 0.434 e. The molecule has 0 bridgehead atoms. The van der Waals surface area contributed by atoms with Gasteiger partial charge in [-0.25, -0.2) is 18.1 Å². The molecule has 0 saturated heterocycles. The average Bonchev–Trinajstić information content (AvgIpc) is 3.10. The van der Waals surface area contributed by atoms with E-state index in [2.05, 4.69) is 9.71 Å². The first-order chi connectivity index (χ1) is 11.1. The Balaban J connectivity index is 1.58. The van der Waals surface area contributed by atoms with Crippen LogP contribution in [0.15, 0.2) is 6.20 Å². The van der Waals surface area contributed by atoms with Crippen molar-refractivity contribution in [3.63, 3.8) is 0 Å². The summed E-state index contributed by atoms with van der Waals surface area (Å²) in [7, 11) is -3.56. The highest BCUT2D eigenvalue weighted by Gasteiger charge is 2.47. The Labute approximate surface area is 137 Å². The number of halogens is 3. The van der Waals surface area contributed by atoms with Crippen molar-refractivity contribution in [1.82, 2.24) is 14.3 Å². The standard InChI is InChI=1S/C14H17F3N4O2S/c15-14(16,17)11-7-21-6-10(1-2-12(21)20-11)5-19-24(22,23)9-13(8-18)3-4-13/h7,10,19H,1-6,9H2/t10-/m1/s1. The molecule has 1 aliphatic heterocycles. The minimum atomic E-state index is -4.47. The van der Waals surface area contributed by atoms with Crippen LogP contribution in [-0.2, 0) is 29.2 Å². The van der Waals surface area contributed by atoms with Gasteiger partial charge in [0, 0.05) is 25.7 Å². The van der Waals surface area contributed by atoms with E-state index in [9.17, 15) is 21.6 Å². The van der Waals surface area contributed by atoms with Crippen LogP contribution in [0.3, 0.4) is 0 Å². The van der Waals surface area contributed by atoms with E-state index in [0.29, 0.717) is 38.1 Å². The molecule has 1 N–H and O–H groups in total. The van der Waals surface area contributed by atoms with Crippen LogP contribution in [0.1, 0.15) is 30.8 Å². The van der Waals surface area contributed by atoms with Gasteiger partial charge >= 0.3 is 6.18 Å². The molecule has 1 saturated carbocycles. The molecule has 0 unspecified atom stereocenters. The number of fused-ring (bicyclic) bond motifs is 1. The molecule has 1 aromatic heterocycles. The topological polar surface area (TPSA) is 87.8 Å². The van der Waals surface area contributed by atoms with E-state index in [-0.39, 0.29) is 18.2 Å². The van der Waals surface area contributed by atoms with Crippen molar-refractivity contribution in [3.05, 3.63) is 17.7 Å². The second-order valence-electron chi connectivity index (χ2n) is 6.60. The zero-order valence-electron chi connectivity index (χ0n) is 12.8. The highest BCUT2D eigenvalue weighted by molar-refractivity contribution is 7.89. The lowest BCUT2D eigenvalue weighted by atomic mass is 10.00. The summed E-state index contributed by atoms with van der Waals surface area (Å²) in [5, 5.41) is 8.97. The van der Waals surface area contributed by atoms with Crippen molar-refractivity contribution >= 4 is 10.0 Å². The number of nitrogens with zero attached hydrogens (tertiary/aromatic N) is 3. The molecule has 1 aliphatic carbocycles. The SMILES string of the molecule is N#CC1(CS(=O)(=O)NC[C@H]2CCc3nc(C(F)(F)F)cn3C2)CC1. The number of nitriles is 1. The molecule has 1 fully saturated rings. The van der Waals surface area contributed by atoms with Crippen LogP contribution in [0.5, 0.6) is 0 Å². The first kappa shape index (κ1) is 17.2. The first-order valence-corrected chi connectivity index (χ1v) is 9.30. The van der Waals surface area contributed by atoms with Gasteiger partial charge in [0.25, 0.3) is 0 Å². The van der Waals surface area contributed by atoms with Gasteiger partial charge in [-0.15, -0.1) is 0 Å². The van der Waals surface area contributed by atoms with Crippen molar-refractivity contribution in [2.75, 3.05) is 12.3 Å². The van der Waals surface area contributed by atoms with E-state index in [4.69, 9.17) is 5.26 Å². The fourth-order valence-corrected chi connectivity index (χ4v) is 4.59. The summed E-state index contributed by atoms with van der Waals surface area (Å²) < 4.78 is 66.1. The van der Waals surface area contributed by atoms with Gasteiger partial charge in [0.1, 0.15) is 5.82 Å². The minimum Gasteiger partial charge on any atom is -0.334 e. The van der Waals surface area contributed by atoms with Crippen LogP contribution in [0, 0.1) is 22.7 Å². The predicted octanol–water partition coefficient (Wildman–Crippen LogP) is 1.69. The Bertz CT molecular complexity index is 775. The van der Waals surface area contributed by atoms with Crippen molar-refractivity contribution < 1.29 is 21.6 Å². The Morgan fingerprint density at radius 1 is 1.46 bits per heavy atom. The summed E-state index contributed by atoms with van der Waals surface area (Å²) in [4.78, 5) is 3.60. The van der Waals surface area contributed by atoms with Gasteiger partial charge in [-0.2, -0.15) is 18.4 Å². The third-order valence-electron chi connectivity index (χ3n) is 4.53. The average molecular weight is 362 g/mol. The van der Waals surface area contributed by atoms with Crippen LogP contribution in [0.4, 0.5) is 13.2 Å². The number of hydrogen-bond donors (Lipinski definition) is 1. The lowest BCUT2D eigenvalue weighted by Crippen LogP contribution is -2.36. The zero-order valence-corrected chi connectivity index (χ0v) is 13.6. The molecule has 6 nitrogen and oxygen atoms in total. The van der Waals surface area contributed by atoms with Gasteiger partial charge in [-0.1, -0.05) is 0 Å². The number of rotatable bonds is 5. The monoisotopic (exact) mass is 362 g/mol. The lowest BCUT2D eigenvalue weighted by molar-refractivity contribution is -0.141. The second-order valence-corrected chi connectivity index (χ2v) is 8.40. The number of aromatic nitrogens is 2. The fourth-order valence-electron chi connectivity index (χ4n) is 2.92. The van der Waals surface area contributed by atoms with Crippen LogP contribution < -0.4 is 4.72 Å². The number of alkyl halides is 3. The second kappa shape index (κ2) is 5.74. The number of imidazole rings is 1. The molecule has 0 amide bonds. The lowest BCUT2D eigenvalue weighted by Gasteiger charge is -2.24. The van der Waals surface area contributed by atoms with E-state index in [1.807, 2.05) is 6.07 Å². The van der Waals surface area contributed by atoms with E-state index in [1.54, 1.807) is 0 Å². The highest BCUT2D eigenvalue weighted by Crippen LogP contribution is 2.45. The Morgan fingerprint density at radius 3 is 2.75 bits per heavy atom. The molecule has 1 atom stereocenters. The quantitative estimate of drug-likeness (QED) is 0.863. The molecule has 0 spiro atoms. The minimum absolute atomic E-state index is 0.0974. The normalized spacial score (nSPS) is 22.7. The number of hydrogen-bond acceptors (Lipinski definition) is 4. The molecule has 0 radical (unpaired) electrons. The van der Waals surface area contributed by atoms with Crippen LogP contribution in [0.2, 0.25) is 0 Å². The molecule has 24 heavy (non-hydrogen) atoms. The predicted molar refractivity (Wildman–Crippen MR) is 78.1 cm³/mol. The number of aryl methyl sites for hydroxylation is 1. The Hall–Kier alpha value is -1.60. The van der Waals surface area contributed by atoms with E-state index < -0.39 is 27.3 Å². The Morgan fingerprint density at radius 2 is 2.17 bits per heavy atom. The van der Waals surface area contributed by atoms with Crippen molar-refractivity contribution in [2.45, 2.75) is 38.4 Å². The summed E-state index contributed by atoms with van der Waals surface area (Å²) in [6, 6.07) is 2.04. The van der Waals surface area contributed by atoms with Crippen molar-refractivity contribution in [3.8, 4) is 6.07 Å². The maximum absolute atomic E-state index is 12.7. The van der Waals surface area contributed by atoms with Crippen molar-refractivity contribution in [2.24, 2.45) is 11.3 Å². The number of sulfonamides is 1. The van der Waals surface area contributed by atoms with Gasteiger partial charge in [-0.05, 0) is 25.2 Å². The van der Waals surface area contributed by atoms with Gasteiger partial charge < -0.3 is 4.57 Å². The molecular weight excluding hydrogens is 345 g/mol. The zero-order chi connectivity index (χ0) is 17.6. The molecule has 132 valence electrons. The first-order valence-electron chi connectivity index (χ1n) is 7.64. The molecule has 0 aromatic carbocycles. The summed E-state index contributed by atoms with van der Waals surface area (Å²) in [6.07, 6.45) is -1.37. The molecule has 2 heterocycles. The maximum Gasteiger partial charge on any atom is 0.434 e. The van der Waals surface area contributed by atoms with Crippen LogP contribution in [-0.4, -0.2) is 30.3 Å². The fraction of sp³-hybridized carbons (Fsp3) is 0.714. The smallest absolute Gasteiger partial charge is 0.334 e. The van der Waals surface area contributed by atoms with Gasteiger partial charge in [0.15, 0.2) is 5.69 Å². The summed E-state index contributed by atoms with van der Waals surface area (Å²) in [5.74, 6) is 0.0697. The summed E-state index contributed by atoms with van der Waals surface area (Å²) >= 11 is 0. The van der Waals surface area contributed by atoms with E-state index in [0.717, 1.165) is 6.20 Å². The Kier molecular flexibility index (Phi) is 4.12. The molecular formula is C14H17F3N4O2S. The summed E-state index contributed by atoms with van der Waals surface area (Å²) in [6.45, 7) is 0.452. The molecule has 10 heteroatoms. The highest BCUT2D eigenvalue weighted by atomic mass is 32.2. The number of nitrogens with one attached hydrogen (secondary N) is 1. The molecule has 2 aliphatic rings. The molecule has 1 aromatic rings. The third-order valence-corrected chi connectivity index (χ3v) is 6.07. The van der Waals surface area contributed by atoms with Crippen LogP contribution in [0.25, 0.3) is 0 Å². The molecule has 3 rings (SSSR count). The van der Waals surface area contributed by atoms with Gasteiger partial charge in [0.2, 0.25) is 10.0 Å². The maximum atomic E-state index is 12.7.